The van der Waals surface area contributed by atoms with Crippen molar-refractivity contribution in [3.05, 3.63) is 29.8 Å². The highest BCUT2D eigenvalue weighted by molar-refractivity contribution is 7.89. The summed E-state index contributed by atoms with van der Waals surface area (Å²) in [5.74, 6) is -1.49. The monoisotopic (exact) mass is 258 g/mol. The van der Waals surface area contributed by atoms with Gasteiger partial charge in [-0.25, -0.2) is 12.7 Å². The van der Waals surface area contributed by atoms with Gasteiger partial charge in [0.25, 0.3) is 0 Å². The molecule has 0 fully saturated rings. The Morgan fingerprint density at radius 1 is 1.35 bits per heavy atom. The van der Waals surface area contributed by atoms with Gasteiger partial charge in [-0.3, -0.25) is 4.79 Å². The average molecular weight is 258 g/mol. The van der Waals surface area contributed by atoms with Crippen LogP contribution in [0.25, 0.3) is 0 Å². The highest BCUT2D eigenvalue weighted by Crippen LogP contribution is 2.12. The fourth-order valence-electron chi connectivity index (χ4n) is 1.25. The van der Waals surface area contributed by atoms with E-state index < -0.39 is 21.7 Å². The molecule has 0 saturated heterocycles. The van der Waals surface area contributed by atoms with E-state index in [1.165, 1.54) is 19.2 Å². The van der Waals surface area contributed by atoms with Gasteiger partial charge in [-0.15, -0.1) is 0 Å². The molecular formula is C10H14N2O4S. The molecule has 6 nitrogen and oxygen atoms in total. The smallest absolute Gasteiger partial charge is 0.234 e. The molecule has 0 unspecified atom stereocenters. The summed E-state index contributed by atoms with van der Waals surface area (Å²) >= 11 is 0. The van der Waals surface area contributed by atoms with Gasteiger partial charge in [-0.05, 0) is 17.7 Å². The summed E-state index contributed by atoms with van der Waals surface area (Å²) in [6.07, 6.45) is 0. The van der Waals surface area contributed by atoms with Crippen molar-refractivity contribution < 1.29 is 18.3 Å². The number of phenols is 1. The maximum atomic E-state index is 11.6. The van der Waals surface area contributed by atoms with Gasteiger partial charge >= 0.3 is 0 Å². The minimum absolute atomic E-state index is 0.108. The van der Waals surface area contributed by atoms with Crippen molar-refractivity contribution in [3.8, 4) is 5.75 Å². The fraction of sp³-hybridized carbons (Fsp3) is 0.300. The van der Waals surface area contributed by atoms with Gasteiger partial charge in [0.2, 0.25) is 15.9 Å². The number of phenolic OH excluding ortho intramolecular Hbond substituents is 1. The van der Waals surface area contributed by atoms with Crippen molar-refractivity contribution in [2.45, 2.75) is 6.54 Å². The van der Waals surface area contributed by atoms with E-state index in [0.717, 1.165) is 4.31 Å². The van der Waals surface area contributed by atoms with Crippen LogP contribution in [0.5, 0.6) is 5.75 Å². The first-order chi connectivity index (χ1) is 7.81. The molecule has 1 aromatic rings. The molecule has 3 N–H and O–H groups in total. The summed E-state index contributed by atoms with van der Waals surface area (Å²) in [4.78, 5) is 10.6. The molecule has 17 heavy (non-hydrogen) atoms. The van der Waals surface area contributed by atoms with Gasteiger partial charge in [0.1, 0.15) is 11.5 Å². The van der Waals surface area contributed by atoms with E-state index in [9.17, 15) is 13.2 Å². The molecule has 0 spiro atoms. The van der Waals surface area contributed by atoms with Crippen LogP contribution >= 0.6 is 0 Å². The van der Waals surface area contributed by atoms with Crippen LogP contribution in [0.1, 0.15) is 5.56 Å². The van der Waals surface area contributed by atoms with Crippen molar-refractivity contribution >= 4 is 15.9 Å². The third-order valence-corrected chi connectivity index (χ3v) is 3.87. The molecule has 0 aliphatic heterocycles. The van der Waals surface area contributed by atoms with Crippen LogP contribution in [-0.2, 0) is 21.4 Å². The topological polar surface area (TPSA) is 101 Å². The summed E-state index contributed by atoms with van der Waals surface area (Å²) < 4.78 is 24.2. The number of carbonyl (C=O) groups is 1. The summed E-state index contributed by atoms with van der Waals surface area (Å²) in [6.45, 7) is 0.121. The number of hydrogen-bond acceptors (Lipinski definition) is 4. The second-order valence-corrected chi connectivity index (χ2v) is 5.72. The van der Waals surface area contributed by atoms with Crippen LogP contribution in [0.3, 0.4) is 0 Å². The molecular weight excluding hydrogens is 244 g/mol. The predicted molar refractivity (Wildman–Crippen MR) is 62.6 cm³/mol. The normalized spacial score (nSPS) is 11.6. The van der Waals surface area contributed by atoms with Crippen LogP contribution in [0, 0.1) is 0 Å². The van der Waals surface area contributed by atoms with Gasteiger partial charge in [0.05, 0.1) is 0 Å². The lowest BCUT2D eigenvalue weighted by atomic mass is 10.2. The maximum absolute atomic E-state index is 11.6. The second-order valence-electron chi connectivity index (χ2n) is 3.65. The molecule has 0 bridgehead atoms. The van der Waals surface area contributed by atoms with Gasteiger partial charge in [-0.1, -0.05) is 12.1 Å². The van der Waals surface area contributed by atoms with Crippen molar-refractivity contribution in [2.75, 3.05) is 12.8 Å². The molecule has 0 atom stereocenters. The first-order valence-electron chi connectivity index (χ1n) is 4.81. The standard InChI is InChI=1S/C10H14N2O4S/c1-12(17(15,16)7-10(11)14)6-8-2-4-9(13)5-3-8/h2-5,13H,6-7H2,1H3,(H2,11,14). The van der Waals surface area contributed by atoms with E-state index in [4.69, 9.17) is 10.8 Å². The number of primary amides is 1. The summed E-state index contributed by atoms with van der Waals surface area (Å²) in [5, 5.41) is 9.08. The molecule has 1 amide bonds. The number of carbonyl (C=O) groups excluding carboxylic acids is 1. The highest BCUT2D eigenvalue weighted by atomic mass is 32.2. The number of benzene rings is 1. The molecule has 0 aliphatic carbocycles. The van der Waals surface area contributed by atoms with Crippen LogP contribution in [0.2, 0.25) is 0 Å². The molecule has 94 valence electrons. The predicted octanol–water partition coefficient (Wildman–Crippen LogP) is -0.361. The molecule has 1 rings (SSSR count). The zero-order valence-corrected chi connectivity index (χ0v) is 10.1. The molecule has 1 aromatic carbocycles. The molecule has 7 heteroatoms. The largest absolute Gasteiger partial charge is 0.508 e. The summed E-state index contributed by atoms with van der Waals surface area (Å²) in [6, 6.07) is 6.13. The van der Waals surface area contributed by atoms with Crippen LogP contribution < -0.4 is 5.73 Å². The van der Waals surface area contributed by atoms with E-state index in [1.807, 2.05) is 0 Å². The molecule has 0 radical (unpaired) electrons. The van der Waals surface area contributed by atoms with E-state index in [0.29, 0.717) is 5.56 Å². The lowest BCUT2D eigenvalue weighted by molar-refractivity contribution is -0.115. The molecule has 0 aliphatic rings. The van der Waals surface area contributed by atoms with Crippen LogP contribution in [-0.4, -0.2) is 36.5 Å². The Morgan fingerprint density at radius 3 is 2.35 bits per heavy atom. The Labute approximate surface area is 99.7 Å². The van der Waals surface area contributed by atoms with Gasteiger partial charge in [0.15, 0.2) is 0 Å². The number of sulfonamides is 1. The fourth-order valence-corrected chi connectivity index (χ4v) is 2.17. The number of nitrogens with two attached hydrogens (primary N) is 1. The van der Waals surface area contributed by atoms with E-state index in [-0.39, 0.29) is 12.3 Å². The zero-order valence-electron chi connectivity index (χ0n) is 9.33. The summed E-state index contributed by atoms with van der Waals surface area (Å²) in [7, 11) is -2.31. The molecule has 0 saturated carbocycles. The molecule has 0 aromatic heterocycles. The van der Waals surface area contributed by atoms with E-state index in [2.05, 4.69) is 0 Å². The SMILES string of the molecule is CN(Cc1ccc(O)cc1)S(=O)(=O)CC(N)=O. The Balaban J connectivity index is 2.75. The Bertz CT molecular complexity index is 496. The lowest BCUT2D eigenvalue weighted by Crippen LogP contribution is -2.34. The quantitative estimate of drug-likeness (QED) is 0.753. The number of amides is 1. The van der Waals surface area contributed by atoms with Gasteiger partial charge in [0, 0.05) is 13.6 Å². The highest BCUT2D eigenvalue weighted by Gasteiger charge is 2.20. The average Bonchev–Trinajstić information content (AvgIpc) is 2.19. The Hall–Kier alpha value is -1.60. The van der Waals surface area contributed by atoms with Crippen LogP contribution in [0.15, 0.2) is 24.3 Å². The molecule has 0 heterocycles. The Morgan fingerprint density at radius 2 is 1.88 bits per heavy atom. The second kappa shape index (κ2) is 5.15. The number of aromatic hydroxyl groups is 1. The number of hydrogen-bond donors (Lipinski definition) is 2. The van der Waals surface area contributed by atoms with Crippen molar-refractivity contribution in [2.24, 2.45) is 5.73 Å². The lowest BCUT2D eigenvalue weighted by Gasteiger charge is -2.16. The summed E-state index contributed by atoms with van der Waals surface area (Å²) in [5.41, 5.74) is 5.56. The third-order valence-electron chi connectivity index (χ3n) is 2.14. The third kappa shape index (κ3) is 4.04. The Kier molecular flexibility index (Phi) is 4.08. The first-order valence-corrected chi connectivity index (χ1v) is 6.42. The van der Waals surface area contributed by atoms with Gasteiger partial charge in [-0.2, -0.15) is 0 Å². The number of nitrogens with zero attached hydrogens (tertiary/aromatic N) is 1. The van der Waals surface area contributed by atoms with Crippen molar-refractivity contribution in [1.29, 1.82) is 0 Å². The van der Waals surface area contributed by atoms with E-state index in [1.54, 1.807) is 12.1 Å². The minimum atomic E-state index is -3.67. The van der Waals surface area contributed by atoms with Crippen molar-refractivity contribution in [1.82, 2.24) is 4.31 Å². The first kappa shape index (κ1) is 13.5. The number of rotatable bonds is 5. The van der Waals surface area contributed by atoms with Crippen LogP contribution in [0.4, 0.5) is 0 Å². The zero-order chi connectivity index (χ0) is 13.1. The van der Waals surface area contributed by atoms with Gasteiger partial charge < -0.3 is 10.8 Å². The maximum Gasteiger partial charge on any atom is 0.234 e. The van der Waals surface area contributed by atoms with Crippen molar-refractivity contribution in [3.63, 3.8) is 0 Å². The minimum Gasteiger partial charge on any atom is -0.508 e. The van der Waals surface area contributed by atoms with E-state index >= 15 is 0 Å².